The minimum atomic E-state index is -4.52. The number of piperidine rings is 1. The maximum atomic E-state index is 14.6. The van der Waals surface area contributed by atoms with Gasteiger partial charge in [-0.05, 0) is 74.7 Å². The van der Waals surface area contributed by atoms with E-state index < -0.39 is 17.3 Å². The third kappa shape index (κ3) is 6.59. The molecular formula is C37H39F3N4O3. The van der Waals surface area contributed by atoms with E-state index in [-0.39, 0.29) is 5.91 Å². The molecular weight excluding hydrogens is 605 g/mol. The Kier molecular flexibility index (Phi) is 8.67. The molecule has 4 aromatic rings. The second kappa shape index (κ2) is 12.9. The number of aromatic nitrogens is 1. The van der Waals surface area contributed by atoms with Gasteiger partial charge in [0, 0.05) is 42.2 Å². The van der Waals surface area contributed by atoms with Crippen LogP contribution in [0.25, 0.3) is 22.2 Å². The smallest absolute Gasteiger partial charge is 0.416 e. The number of ether oxygens (including phenoxy) is 2. The van der Waals surface area contributed by atoms with Gasteiger partial charge >= 0.3 is 6.18 Å². The number of carbonyl (C=O) groups excluding carboxylic acids is 1. The maximum Gasteiger partial charge on any atom is 0.416 e. The average Bonchev–Trinajstić information content (AvgIpc) is 3.89. The van der Waals surface area contributed by atoms with Gasteiger partial charge < -0.3 is 14.8 Å². The van der Waals surface area contributed by atoms with Crippen LogP contribution in [0.3, 0.4) is 0 Å². The Balaban J connectivity index is 1.33. The highest BCUT2D eigenvalue weighted by atomic mass is 19.4. The van der Waals surface area contributed by atoms with Crippen LogP contribution < -0.4 is 10.1 Å². The quantitative estimate of drug-likeness (QED) is 0.232. The minimum absolute atomic E-state index is 0.265. The molecule has 1 amide bonds. The lowest BCUT2D eigenvalue weighted by molar-refractivity contribution is -0.137. The number of hydrogen-bond donors (Lipinski definition) is 1. The first kappa shape index (κ1) is 31.6. The van der Waals surface area contributed by atoms with Crippen molar-refractivity contribution in [2.45, 2.75) is 50.0 Å². The Morgan fingerprint density at radius 1 is 0.979 bits per heavy atom. The molecule has 1 aromatic heterocycles. The molecule has 3 aliphatic rings. The second-order valence-corrected chi connectivity index (χ2v) is 12.8. The SMILES string of the molecule is COc1ccc2nc(-c3cccc(C(F)(F)F)c3)c(CN3CCC(N4CCOCC4)CC3)c(C(=O)NC3(c4ccccc4)CC3)c2c1. The van der Waals surface area contributed by atoms with Crippen LogP contribution in [0.2, 0.25) is 0 Å². The van der Waals surface area contributed by atoms with Gasteiger partial charge in [-0.1, -0.05) is 42.5 Å². The molecule has 0 spiro atoms. The molecule has 1 N–H and O–H groups in total. The lowest BCUT2D eigenvalue weighted by Gasteiger charge is -2.40. The van der Waals surface area contributed by atoms with E-state index in [1.807, 2.05) is 36.4 Å². The monoisotopic (exact) mass is 644 g/mol. The normalized spacial score (nSPS) is 19.1. The number of likely N-dealkylation sites (tertiary alicyclic amines) is 1. The molecule has 0 atom stereocenters. The molecule has 2 aliphatic heterocycles. The number of pyridine rings is 1. The minimum Gasteiger partial charge on any atom is -0.497 e. The Morgan fingerprint density at radius 2 is 1.72 bits per heavy atom. The summed E-state index contributed by atoms with van der Waals surface area (Å²) in [6.45, 7) is 5.32. The van der Waals surface area contributed by atoms with Crippen LogP contribution >= 0.6 is 0 Å². The largest absolute Gasteiger partial charge is 0.497 e. The van der Waals surface area contributed by atoms with E-state index in [9.17, 15) is 18.0 Å². The Bertz CT molecular complexity index is 1750. The van der Waals surface area contributed by atoms with Crippen LogP contribution in [0.5, 0.6) is 5.75 Å². The van der Waals surface area contributed by atoms with Crippen molar-refractivity contribution in [3.63, 3.8) is 0 Å². The van der Waals surface area contributed by atoms with Gasteiger partial charge in [-0.2, -0.15) is 13.2 Å². The van der Waals surface area contributed by atoms with Gasteiger partial charge in [0.05, 0.1) is 48.2 Å². The first-order valence-corrected chi connectivity index (χ1v) is 16.3. The van der Waals surface area contributed by atoms with Crippen LogP contribution in [0, 0.1) is 0 Å². The van der Waals surface area contributed by atoms with Gasteiger partial charge in [0.1, 0.15) is 5.75 Å². The average molecular weight is 645 g/mol. The number of carbonyl (C=O) groups is 1. The van der Waals surface area contributed by atoms with Crippen molar-refractivity contribution in [2.75, 3.05) is 46.5 Å². The third-order valence-electron chi connectivity index (χ3n) is 9.91. The van der Waals surface area contributed by atoms with Crippen LogP contribution in [-0.4, -0.2) is 73.2 Å². The molecule has 2 saturated heterocycles. The molecule has 0 bridgehead atoms. The fraction of sp³-hybridized carbons (Fsp3) is 0.405. The molecule has 1 saturated carbocycles. The zero-order chi connectivity index (χ0) is 32.6. The summed E-state index contributed by atoms with van der Waals surface area (Å²) in [5.74, 6) is 0.306. The van der Waals surface area contributed by atoms with Crippen LogP contribution in [0.4, 0.5) is 13.2 Å². The number of alkyl halides is 3. The van der Waals surface area contributed by atoms with E-state index >= 15 is 0 Å². The molecule has 7 rings (SSSR count). The van der Waals surface area contributed by atoms with Crippen molar-refractivity contribution in [3.8, 4) is 17.0 Å². The molecule has 7 nitrogen and oxygen atoms in total. The van der Waals surface area contributed by atoms with Gasteiger partial charge in [0.2, 0.25) is 0 Å². The third-order valence-corrected chi connectivity index (χ3v) is 9.91. The molecule has 0 radical (unpaired) electrons. The van der Waals surface area contributed by atoms with Crippen molar-refractivity contribution in [2.24, 2.45) is 0 Å². The standard InChI is InChI=1S/C37H39F3N4O3/c1-46-29-10-11-32-30(23-29)33(35(45)42-36(14-15-36)26-7-3-2-4-8-26)31(34(41-32)25-6-5-9-27(22-25)37(38,39)40)24-43-16-12-28(13-17-43)44-18-20-47-21-19-44/h2-11,22-23,28H,12-21,24H2,1H3,(H,42,45). The highest BCUT2D eigenvalue weighted by molar-refractivity contribution is 6.09. The zero-order valence-electron chi connectivity index (χ0n) is 26.5. The Labute approximate surface area is 272 Å². The first-order valence-electron chi connectivity index (χ1n) is 16.3. The summed E-state index contributed by atoms with van der Waals surface area (Å²) in [6, 6.07) is 21.0. The number of benzene rings is 3. The van der Waals surface area contributed by atoms with E-state index in [1.54, 1.807) is 25.3 Å². The van der Waals surface area contributed by atoms with E-state index in [1.165, 1.54) is 6.07 Å². The maximum absolute atomic E-state index is 14.6. The summed E-state index contributed by atoms with van der Waals surface area (Å²) in [7, 11) is 1.57. The summed E-state index contributed by atoms with van der Waals surface area (Å²) in [5.41, 5.74) is 2.08. The van der Waals surface area contributed by atoms with Crippen LogP contribution in [0.15, 0.2) is 72.8 Å². The summed E-state index contributed by atoms with van der Waals surface area (Å²) in [5, 5.41) is 3.96. The highest BCUT2D eigenvalue weighted by Crippen LogP contribution is 2.46. The molecule has 3 fully saturated rings. The number of methoxy groups -OCH3 is 1. The predicted octanol–water partition coefficient (Wildman–Crippen LogP) is 6.64. The number of hydrogen-bond acceptors (Lipinski definition) is 6. The topological polar surface area (TPSA) is 66.9 Å². The summed E-state index contributed by atoms with van der Waals surface area (Å²) >= 11 is 0. The number of nitrogens with one attached hydrogen (secondary N) is 1. The van der Waals surface area contributed by atoms with Gasteiger partial charge in [-0.25, -0.2) is 4.98 Å². The van der Waals surface area contributed by atoms with Crippen molar-refractivity contribution in [1.29, 1.82) is 0 Å². The lowest BCUT2D eigenvalue weighted by Crippen LogP contribution is -2.48. The van der Waals surface area contributed by atoms with E-state index in [0.717, 1.165) is 82.8 Å². The van der Waals surface area contributed by atoms with Gasteiger partial charge in [-0.15, -0.1) is 0 Å². The van der Waals surface area contributed by atoms with Gasteiger partial charge in [-0.3, -0.25) is 14.6 Å². The number of morpholine rings is 1. The van der Waals surface area contributed by atoms with Crippen molar-refractivity contribution >= 4 is 16.8 Å². The molecule has 47 heavy (non-hydrogen) atoms. The van der Waals surface area contributed by atoms with E-state index in [4.69, 9.17) is 14.5 Å². The molecule has 1 aliphatic carbocycles. The van der Waals surface area contributed by atoms with E-state index in [0.29, 0.717) is 51.6 Å². The zero-order valence-corrected chi connectivity index (χ0v) is 26.5. The highest BCUT2D eigenvalue weighted by Gasteiger charge is 2.46. The van der Waals surface area contributed by atoms with Crippen molar-refractivity contribution in [3.05, 3.63) is 95.1 Å². The number of rotatable bonds is 8. The van der Waals surface area contributed by atoms with Crippen molar-refractivity contribution < 1.29 is 27.4 Å². The van der Waals surface area contributed by atoms with Crippen molar-refractivity contribution in [1.82, 2.24) is 20.1 Å². The Hall–Kier alpha value is -3.99. The van der Waals surface area contributed by atoms with Crippen LogP contribution in [0.1, 0.15) is 52.7 Å². The number of amides is 1. The number of halogens is 3. The second-order valence-electron chi connectivity index (χ2n) is 12.8. The first-order chi connectivity index (χ1) is 22.7. The Morgan fingerprint density at radius 3 is 2.40 bits per heavy atom. The fourth-order valence-electron chi connectivity index (χ4n) is 7.16. The molecule has 10 heteroatoms. The molecule has 246 valence electrons. The van der Waals surface area contributed by atoms with Gasteiger partial charge in [0.25, 0.3) is 5.91 Å². The van der Waals surface area contributed by atoms with Gasteiger partial charge in [0.15, 0.2) is 0 Å². The number of nitrogens with zero attached hydrogens (tertiary/aromatic N) is 3. The molecule has 3 aromatic carbocycles. The summed E-state index contributed by atoms with van der Waals surface area (Å²) in [4.78, 5) is 24.4. The number of fused-ring (bicyclic) bond motifs is 1. The summed E-state index contributed by atoms with van der Waals surface area (Å²) in [6.07, 6.45) is -0.978. The molecule has 0 unspecified atom stereocenters. The predicted molar refractivity (Wildman–Crippen MR) is 174 cm³/mol. The van der Waals surface area contributed by atoms with Crippen LogP contribution in [-0.2, 0) is 23.0 Å². The fourth-order valence-corrected chi connectivity index (χ4v) is 7.16. The molecule has 3 heterocycles. The lowest BCUT2D eigenvalue weighted by atomic mass is 9.93. The van der Waals surface area contributed by atoms with E-state index in [2.05, 4.69) is 15.1 Å². The summed E-state index contributed by atoms with van der Waals surface area (Å²) < 4.78 is 52.9.